The molecule has 5 heteroatoms. The molecule has 0 saturated carbocycles. The highest BCUT2D eigenvalue weighted by Crippen LogP contribution is 2.27. The van der Waals surface area contributed by atoms with Gasteiger partial charge in [0.1, 0.15) is 5.82 Å². The fraction of sp³-hybridized carbons (Fsp3) is 0.143. The van der Waals surface area contributed by atoms with Gasteiger partial charge in [0.25, 0.3) is 0 Å². The zero-order chi connectivity index (χ0) is 18.5. The molecule has 0 radical (unpaired) electrons. The average molecular weight is 350 g/mol. The predicted octanol–water partition coefficient (Wildman–Crippen LogP) is 4.08. The molecule has 0 unspecified atom stereocenters. The molecule has 1 N–H and O–H groups in total. The van der Waals surface area contributed by atoms with Crippen LogP contribution in [0.25, 0.3) is 6.08 Å². The first-order valence-electron chi connectivity index (χ1n) is 8.40. The molecular weight excluding hydrogens is 331 g/mol. The number of halogens is 1. The minimum atomic E-state index is -0.503. The third-order valence-electron chi connectivity index (χ3n) is 4.19. The number of rotatable bonds is 5. The van der Waals surface area contributed by atoms with Gasteiger partial charge in [0.15, 0.2) is 5.78 Å². The zero-order valence-electron chi connectivity index (χ0n) is 14.4. The van der Waals surface area contributed by atoms with E-state index in [4.69, 9.17) is 0 Å². The van der Waals surface area contributed by atoms with Gasteiger partial charge in [0.05, 0.1) is 6.04 Å². The van der Waals surface area contributed by atoms with Crippen LogP contribution < -0.4 is 5.32 Å². The van der Waals surface area contributed by atoms with Crippen LogP contribution in [0.15, 0.2) is 72.4 Å². The predicted molar refractivity (Wildman–Crippen MR) is 98.6 cm³/mol. The van der Waals surface area contributed by atoms with E-state index in [2.05, 4.69) is 5.32 Å². The number of amides is 2. The molecule has 0 saturated heterocycles. The standard InChI is InChI=1S/C21H19FN2O2/c1-2-24-14-18(19(25)13-10-15-8-11-17(22)12-9-15)20(23-21(24)26)16-6-4-3-5-7-16/h3-14,20H,2H2,1H3,(H,23,26)/b13-10+/t20-/m1/s1. The molecule has 0 aliphatic carbocycles. The summed E-state index contributed by atoms with van der Waals surface area (Å²) in [5, 5.41) is 2.88. The number of urea groups is 1. The van der Waals surface area contributed by atoms with Crippen molar-refractivity contribution in [3.05, 3.63) is 89.4 Å². The molecule has 0 spiro atoms. The largest absolute Gasteiger partial charge is 0.327 e. The smallest absolute Gasteiger partial charge is 0.322 e. The number of nitrogens with zero attached hydrogens (tertiary/aromatic N) is 1. The van der Waals surface area contributed by atoms with Crippen molar-refractivity contribution in [1.29, 1.82) is 0 Å². The van der Waals surface area contributed by atoms with E-state index < -0.39 is 6.04 Å². The van der Waals surface area contributed by atoms with Gasteiger partial charge < -0.3 is 10.2 Å². The van der Waals surface area contributed by atoms with Gasteiger partial charge in [0, 0.05) is 18.3 Å². The third kappa shape index (κ3) is 3.88. The lowest BCUT2D eigenvalue weighted by Gasteiger charge is -2.31. The van der Waals surface area contributed by atoms with Crippen LogP contribution in [0, 0.1) is 5.82 Å². The first-order valence-corrected chi connectivity index (χ1v) is 8.40. The van der Waals surface area contributed by atoms with Crippen molar-refractivity contribution >= 4 is 17.9 Å². The van der Waals surface area contributed by atoms with E-state index in [1.807, 2.05) is 37.3 Å². The van der Waals surface area contributed by atoms with Crippen molar-refractivity contribution in [3.63, 3.8) is 0 Å². The minimum Gasteiger partial charge on any atom is -0.327 e. The summed E-state index contributed by atoms with van der Waals surface area (Å²) in [5.41, 5.74) is 2.05. The number of hydrogen-bond donors (Lipinski definition) is 1. The minimum absolute atomic E-state index is 0.207. The van der Waals surface area contributed by atoms with Crippen LogP contribution in [0.4, 0.5) is 9.18 Å². The monoisotopic (exact) mass is 350 g/mol. The number of hydrogen-bond acceptors (Lipinski definition) is 2. The molecule has 132 valence electrons. The topological polar surface area (TPSA) is 49.4 Å². The molecule has 1 aliphatic rings. The van der Waals surface area contributed by atoms with Gasteiger partial charge in [-0.25, -0.2) is 9.18 Å². The van der Waals surface area contributed by atoms with Crippen molar-refractivity contribution in [2.24, 2.45) is 0 Å². The van der Waals surface area contributed by atoms with Crippen molar-refractivity contribution in [1.82, 2.24) is 10.2 Å². The second-order valence-corrected chi connectivity index (χ2v) is 5.91. The normalized spacial score (nSPS) is 17.2. The fourth-order valence-corrected chi connectivity index (χ4v) is 2.78. The van der Waals surface area contributed by atoms with E-state index in [1.165, 1.54) is 23.1 Å². The van der Waals surface area contributed by atoms with Crippen molar-refractivity contribution in [2.45, 2.75) is 13.0 Å². The SMILES string of the molecule is CCN1C=C(C(=O)/C=C/c2ccc(F)cc2)[C@@H](c2ccccc2)NC1=O. The van der Waals surface area contributed by atoms with Gasteiger partial charge in [-0.15, -0.1) is 0 Å². The Morgan fingerprint density at radius 2 is 1.85 bits per heavy atom. The Morgan fingerprint density at radius 3 is 2.50 bits per heavy atom. The van der Waals surface area contributed by atoms with E-state index >= 15 is 0 Å². The molecular formula is C21H19FN2O2. The number of ketones is 1. The maximum Gasteiger partial charge on any atom is 0.322 e. The number of nitrogens with one attached hydrogen (secondary N) is 1. The summed E-state index contributed by atoms with van der Waals surface area (Å²) in [6.07, 6.45) is 4.69. The van der Waals surface area contributed by atoms with Crippen LogP contribution in [-0.2, 0) is 4.79 Å². The van der Waals surface area contributed by atoms with Crippen molar-refractivity contribution in [3.8, 4) is 0 Å². The molecule has 4 nitrogen and oxygen atoms in total. The summed E-state index contributed by atoms with van der Waals surface area (Å²) in [4.78, 5) is 26.4. The van der Waals surface area contributed by atoms with E-state index in [-0.39, 0.29) is 17.6 Å². The Kier molecular flexibility index (Phi) is 5.27. The lowest BCUT2D eigenvalue weighted by molar-refractivity contribution is -0.111. The summed E-state index contributed by atoms with van der Waals surface area (Å²) in [6.45, 7) is 2.31. The van der Waals surface area contributed by atoms with Gasteiger partial charge >= 0.3 is 6.03 Å². The Hall–Kier alpha value is -3.21. The summed E-state index contributed by atoms with van der Waals surface area (Å²) < 4.78 is 13.0. The molecule has 3 rings (SSSR count). The quantitative estimate of drug-likeness (QED) is 0.826. The Balaban J connectivity index is 1.90. The third-order valence-corrected chi connectivity index (χ3v) is 4.19. The molecule has 26 heavy (non-hydrogen) atoms. The summed E-state index contributed by atoms with van der Waals surface area (Å²) in [7, 11) is 0. The zero-order valence-corrected chi connectivity index (χ0v) is 14.4. The van der Waals surface area contributed by atoms with Crippen molar-refractivity contribution < 1.29 is 14.0 Å². The van der Waals surface area contributed by atoms with Crippen LogP contribution in [0.2, 0.25) is 0 Å². The highest BCUT2D eigenvalue weighted by atomic mass is 19.1. The van der Waals surface area contributed by atoms with Gasteiger partial charge in [-0.1, -0.05) is 48.5 Å². The van der Waals surface area contributed by atoms with Crippen LogP contribution in [0.1, 0.15) is 24.1 Å². The van der Waals surface area contributed by atoms with Gasteiger partial charge in [-0.3, -0.25) is 4.79 Å². The molecule has 2 aromatic rings. The summed E-state index contributed by atoms with van der Waals surface area (Å²) >= 11 is 0. The molecule has 2 aromatic carbocycles. The van der Waals surface area contributed by atoms with E-state index in [9.17, 15) is 14.0 Å². The average Bonchev–Trinajstić information content (AvgIpc) is 2.67. The lowest BCUT2D eigenvalue weighted by atomic mass is 9.94. The second-order valence-electron chi connectivity index (χ2n) is 5.91. The summed E-state index contributed by atoms with van der Waals surface area (Å²) in [6, 6.07) is 14.5. The van der Waals surface area contributed by atoms with Gasteiger partial charge in [-0.2, -0.15) is 0 Å². The molecule has 1 heterocycles. The second kappa shape index (κ2) is 7.78. The highest BCUT2D eigenvalue weighted by Gasteiger charge is 2.30. The molecule has 0 bridgehead atoms. The first-order chi connectivity index (χ1) is 12.6. The number of carbonyl (C=O) groups is 2. The van der Waals surface area contributed by atoms with Gasteiger partial charge in [0.2, 0.25) is 0 Å². The van der Waals surface area contributed by atoms with E-state index in [0.717, 1.165) is 11.1 Å². The van der Waals surface area contributed by atoms with Crippen LogP contribution >= 0.6 is 0 Å². The van der Waals surface area contributed by atoms with Gasteiger partial charge in [-0.05, 0) is 36.3 Å². The molecule has 0 fully saturated rings. The maximum atomic E-state index is 13.0. The highest BCUT2D eigenvalue weighted by molar-refractivity contribution is 6.08. The molecule has 1 atom stereocenters. The van der Waals surface area contributed by atoms with Crippen molar-refractivity contribution in [2.75, 3.05) is 6.54 Å². The Morgan fingerprint density at radius 1 is 1.15 bits per heavy atom. The Labute approximate surface area is 151 Å². The van der Waals surface area contributed by atoms with Crippen LogP contribution in [-0.4, -0.2) is 23.3 Å². The molecule has 0 aromatic heterocycles. The fourth-order valence-electron chi connectivity index (χ4n) is 2.78. The first kappa shape index (κ1) is 17.6. The maximum absolute atomic E-state index is 13.0. The van der Waals surface area contributed by atoms with Crippen LogP contribution in [0.3, 0.4) is 0 Å². The summed E-state index contributed by atoms with van der Waals surface area (Å²) in [5.74, 6) is -0.532. The van der Waals surface area contributed by atoms with E-state index in [0.29, 0.717) is 12.1 Å². The molecule has 2 amide bonds. The number of allylic oxidation sites excluding steroid dienone is 1. The van der Waals surface area contributed by atoms with E-state index in [1.54, 1.807) is 24.4 Å². The number of carbonyl (C=O) groups excluding carboxylic acids is 2. The lowest BCUT2D eigenvalue weighted by Crippen LogP contribution is -2.44. The number of benzene rings is 2. The van der Waals surface area contributed by atoms with Crippen LogP contribution in [0.5, 0.6) is 0 Å². The Bertz CT molecular complexity index is 857. The molecule has 1 aliphatic heterocycles.